The minimum Gasteiger partial charge on any atom is -0.481 e. The van der Waals surface area contributed by atoms with E-state index < -0.39 is 11.9 Å². The Kier molecular flexibility index (Phi) is 2.04. The molecule has 4 heteroatoms. The van der Waals surface area contributed by atoms with Crippen molar-refractivity contribution in [2.24, 2.45) is 4.99 Å². The molecule has 17 heavy (non-hydrogen) atoms. The first-order valence-corrected chi connectivity index (χ1v) is 5.53. The van der Waals surface area contributed by atoms with E-state index in [4.69, 9.17) is 0 Å². The zero-order chi connectivity index (χ0) is 12.0. The van der Waals surface area contributed by atoms with E-state index in [0.29, 0.717) is 6.54 Å². The fourth-order valence-corrected chi connectivity index (χ4v) is 2.41. The Hall–Kier alpha value is -2.10. The Morgan fingerprint density at radius 3 is 3.00 bits per heavy atom. The highest BCUT2D eigenvalue weighted by Crippen LogP contribution is 2.33. The van der Waals surface area contributed by atoms with Gasteiger partial charge in [-0.15, -0.1) is 0 Å². The van der Waals surface area contributed by atoms with E-state index in [0.717, 1.165) is 27.9 Å². The Labute approximate surface area is 98.0 Å². The molecule has 86 valence electrons. The lowest BCUT2D eigenvalue weighted by atomic mass is 9.92. The number of aromatic nitrogens is 1. The summed E-state index contributed by atoms with van der Waals surface area (Å²) in [6.07, 6.45) is 0. The maximum Gasteiger partial charge on any atom is 0.312 e. The number of carbonyl (C=O) groups is 1. The summed E-state index contributed by atoms with van der Waals surface area (Å²) in [5.41, 5.74) is 3.60. The molecule has 0 amide bonds. The average Bonchev–Trinajstić information content (AvgIpc) is 2.69. The van der Waals surface area contributed by atoms with Crippen LogP contribution in [0.2, 0.25) is 0 Å². The highest BCUT2D eigenvalue weighted by atomic mass is 16.4. The van der Waals surface area contributed by atoms with Gasteiger partial charge < -0.3 is 10.1 Å². The zero-order valence-electron chi connectivity index (χ0n) is 9.40. The van der Waals surface area contributed by atoms with Crippen LogP contribution in [0.4, 0.5) is 0 Å². The number of aliphatic imine (C=N–C) groups is 1. The van der Waals surface area contributed by atoms with E-state index >= 15 is 0 Å². The lowest BCUT2D eigenvalue weighted by Gasteiger charge is -2.17. The minimum atomic E-state index is -0.813. The number of carboxylic acid groups (broad SMARTS) is 1. The second kappa shape index (κ2) is 3.45. The van der Waals surface area contributed by atoms with Crippen molar-refractivity contribution in [2.75, 3.05) is 6.54 Å². The number of aliphatic carboxylic acids is 1. The molecule has 0 saturated heterocycles. The lowest BCUT2D eigenvalue weighted by molar-refractivity contribution is -0.138. The molecule has 4 nitrogen and oxygen atoms in total. The standard InChI is InChI=1S/C13H12N2O2/c1-7-12-11(9(6-14-7)13(16)17)8-4-2-3-5-10(8)15-12/h2-5,9,15H,6H2,1H3,(H,16,17). The van der Waals surface area contributed by atoms with Crippen LogP contribution < -0.4 is 0 Å². The fourth-order valence-electron chi connectivity index (χ4n) is 2.41. The van der Waals surface area contributed by atoms with E-state index in [-0.39, 0.29) is 0 Å². The summed E-state index contributed by atoms with van der Waals surface area (Å²) in [5.74, 6) is -1.35. The van der Waals surface area contributed by atoms with Crippen molar-refractivity contribution >= 4 is 22.6 Å². The first-order chi connectivity index (χ1) is 8.18. The van der Waals surface area contributed by atoms with Crippen molar-refractivity contribution in [1.82, 2.24) is 4.98 Å². The van der Waals surface area contributed by atoms with Gasteiger partial charge in [-0.25, -0.2) is 0 Å². The van der Waals surface area contributed by atoms with Crippen LogP contribution in [0, 0.1) is 0 Å². The third kappa shape index (κ3) is 1.37. The van der Waals surface area contributed by atoms with Gasteiger partial charge in [-0.2, -0.15) is 0 Å². The molecule has 2 N–H and O–H groups in total. The SMILES string of the molecule is CC1=NCC(C(=O)O)c2c1[nH]c1ccccc21. The summed E-state index contributed by atoms with van der Waals surface area (Å²) in [5, 5.41) is 10.3. The number of nitrogens with zero attached hydrogens (tertiary/aromatic N) is 1. The zero-order valence-corrected chi connectivity index (χ0v) is 9.40. The van der Waals surface area contributed by atoms with Crippen LogP contribution in [0.25, 0.3) is 10.9 Å². The molecule has 0 fully saturated rings. The van der Waals surface area contributed by atoms with Crippen molar-refractivity contribution in [3.05, 3.63) is 35.5 Å². The molecular weight excluding hydrogens is 216 g/mol. The summed E-state index contributed by atoms with van der Waals surface area (Å²) in [6, 6.07) is 7.78. The van der Waals surface area contributed by atoms with Gasteiger partial charge in [0.05, 0.1) is 18.0 Å². The van der Waals surface area contributed by atoms with Crippen molar-refractivity contribution in [3.63, 3.8) is 0 Å². The third-order valence-electron chi connectivity index (χ3n) is 3.27. The van der Waals surface area contributed by atoms with Crippen LogP contribution in [-0.4, -0.2) is 28.3 Å². The smallest absolute Gasteiger partial charge is 0.312 e. The first kappa shape index (κ1) is 10.1. The number of nitrogens with one attached hydrogen (secondary N) is 1. The Balaban J connectivity index is 2.35. The van der Waals surface area contributed by atoms with Gasteiger partial charge >= 0.3 is 5.97 Å². The second-order valence-electron chi connectivity index (χ2n) is 4.28. The third-order valence-corrected chi connectivity index (χ3v) is 3.27. The summed E-state index contributed by atoms with van der Waals surface area (Å²) in [4.78, 5) is 18.8. The topological polar surface area (TPSA) is 65.4 Å². The predicted octanol–water partition coefficient (Wildman–Crippen LogP) is 2.16. The van der Waals surface area contributed by atoms with Crippen molar-refractivity contribution < 1.29 is 9.90 Å². The van der Waals surface area contributed by atoms with E-state index in [1.54, 1.807) is 0 Å². The fraction of sp³-hybridized carbons (Fsp3) is 0.231. The van der Waals surface area contributed by atoms with Crippen LogP contribution >= 0.6 is 0 Å². The molecule has 0 aliphatic carbocycles. The van der Waals surface area contributed by atoms with Crippen LogP contribution in [-0.2, 0) is 4.79 Å². The Bertz CT molecular complexity index is 640. The molecular formula is C13H12N2O2. The van der Waals surface area contributed by atoms with Gasteiger partial charge in [0.2, 0.25) is 0 Å². The highest BCUT2D eigenvalue weighted by Gasteiger charge is 2.30. The van der Waals surface area contributed by atoms with E-state index in [9.17, 15) is 9.90 Å². The van der Waals surface area contributed by atoms with Crippen LogP contribution in [0.5, 0.6) is 0 Å². The molecule has 2 heterocycles. The number of hydrogen-bond acceptors (Lipinski definition) is 2. The molecule has 0 saturated carbocycles. The van der Waals surface area contributed by atoms with Crippen LogP contribution in [0.15, 0.2) is 29.3 Å². The van der Waals surface area contributed by atoms with E-state index in [2.05, 4.69) is 9.98 Å². The summed E-state index contributed by atoms with van der Waals surface area (Å²) in [7, 11) is 0. The van der Waals surface area contributed by atoms with Gasteiger partial charge in [-0.05, 0) is 13.0 Å². The van der Waals surface area contributed by atoms with Gasteiger partial charge in [0.15, 0.2) is 0 Å². The maximum absolute atomic E-state index is 11.3. The Morgan fingerprint density at radius 2 is 2.24 bits per heavy atom. The summed E-state index contributed by atoms with van der Waals surface area (Å²) >= 11 is 0. The quantitative estimate of drug-likeness (QED) is 0.785. The lowest BCUT2D eigenvalue weighted by Crippen LogP contribution is -2.21. The summed E-state index contributed by atoms with van der Waals surface area (Å²) < 4.78 is 0. The average molecular weight is 228 g/mol. The number of benzene rings is 1. The molecule has 1 unspecified atom stereocenters. The van der Waals surface area contributed by atoms with Crippen molar-refractivity contribution in [3.8, 4) is 0 Å². The monoisotopic (exact) mass is 228 g/mol. The number of hydrogen-bond donors (Lipinski definition) is 2. The number of carboxylic acids is 1. The largest absolute Gasteiger partial charge is 0.481 e. The molecule has 0 bridgehead atoms. The van der Waals surface area contributed by atoms with E-state index in [1.807, 2.05) is 31.2 Å². The first-order valence-electron chi connectivity index (χ1n) is 5.53. The number of aromatic amines is 1. The molecule has 2 aromatic rings. The van der Waals surface area contributed by atoms with Crippen LogP contribution in [0.3, 0.4) is 0 Å². The van der Waals surface area contributed by atoms with Gasteiger partial charge in [-0.1, -0.05) is 18.2 Å². The molecule has 3 rings (SSSR count). The highest BCUT2D eigenvalue weighted by molar-refractivity contribution is 6.07. The van der Waals surface area contributed by atoms with Gasteiger partial charge in [0.25, 0.3) is 0 Å². The van der Waals surface area contributed by atoms with E-state index in [1.165, 1.54) is 0 Å². The molecule has 1 aromatic heterocycles. The number of H-pyrrole nitrogens is 1. The number of rotatable bonds is 1. The van der Waals surface area contributed by atoms with Gasteiger partial charge in [0.1, 0.15) is 5.92 Å². The minimum absolute atomic E-state index is 0.329. The van der Waals surface area contributed by atoms with Crippen molar-refractivity contribution in [2.45, 2.75) is 12.8 Å². The predicted molar refractivity (Wildman–Crippen MR) is 65.8 cm³/mol. The molecule has 1 aliphatic heterocycles. The van der Waals surface area contributed by atoms with Crippen molar-refractivity contribution in [1.29, 1.82) is 0 Å². The van der Waals surface area contributed by atoms with Gasteiger partial charge in [0, 0.05) is 16.5 Å². The molecule has 1 atom stereocenters. The molecule has 0 spiro atoms. The number of fused-ring (bicyclic) bond motifs is 3. The maximum atomic E-state index is 11.3. The number of para-hydroxylation sites is 1. The normalized spacial score (nSPS) is 18.9. The molecule has 1 aromatic carbocycles. The van der Waals surface area contributed by atoms with Crippen LogP contribution in [0.1, 0.15) is 24.1 Å². The van der Waals surface area contributed by atoms with Gasteiger partial charge in [-0.3, -0.25) is 9.79 Å². The second-order valence-corrected chi connectivity index (χ2v) is 4.28. The molecule has 1 aliphatic rings. The molecule has 0 radical (unpaired) electrons. The Morgan fingerprint density at radius 1 is 1.47 bits per heavy atom. The summed E-state index contributed by atoms with van der Waals surface area (Å²) in [6.45, 7) is 2.24.